The van der Waals surface area contributed by atoms with Gasteiger partial charge in [-0.3, -0.25) is 0 Å². The van der Waals surface area contributed by atoms with Crippen molar-refractivity contribution in [3.8, 4) is 0 Å². The minimum Gasteiger partial charge on any atom is -0.324 e. The van der Waals surface area contributed by atoms with Gasteiger partial charge in [-0.2, -0.15) is 0 Å². The first-order valence-corrected chi connectivity index (χ1v) is 3.24. The van der Waals surface area contributed by atoms with Crippen LogP contribution in [-0.2, 0) is 0 Å². The fraction of sp³-hybridized carbons (Fsp3) is 0.500. The molecule has 0 bridgehead atoms. The number of nitrogens with two attached hydrogens (primary N) is 1. The molecule has 2 N–H and O–H groups in total. The molecule has 0 aromatic carbocycles. The van der Waals surface area contributed by atoms with E-state index in [1.165, 1.54) is 11.1 Å². The van der Waals surface area contributed by atoms with Gasteiger partial charge in [0.05, 0.1) is 0 Å². The smallest absolute Gasteiger partial charge is 0.0298 e. The second kappa shape index (κ2) is 1.99. The van der Waals surface area contributed by atoms with Crippen LogP contribution in [0.5, 0.6) is 0 Å². The van der Waals surface area contributed by atoms with E-state index in [0.29, 0.717) is 6.04 Å². The molecule has 0 radical (unpaired) electrons. The van der Waals surface area contributed by atoms with E-state index in [0.717, 1.165) is 12.0 Å². The van der Waals surface area contributed by atoms with Gasteiger partial charge in [-0.05, 0) is 31.4 Å². The van der Waals surface area contributed by atoms with Crippen molar-refractivity contribution in [2.75, 3.05) is 0 Å². The molecule has 1 saturated carbocycles. The second-order valence-electron chi connectivity index (χ2n) is 2.74. The van der Waals surface area contributed by atoms with E-state index in [-0.39, 0.29) is 0 Å². The van der Waals surface area contributed by atoms with Crippen molar-refractivity contribution in [2.45, 2.75) is 26.3 Å². The highest BCUT2D eigenvalue weighted by atomic mass is 14.7. The van der Waals surface area contributed by atoms with Crippen molar-refractivity contribution in [3.63, 3.8) is 0 Å². The summed E-state index contributed by atoms with van der Waals surface area (Å²) < 4.78 is 0. The maximum Gasteiger partial charge on any atom is 0.0298 e. The zero-order valence-electron chi connectivity index (χ0n) is 6.07. The lowest BCUT2D eigenvalue weighted by molar-refractivity contribution is 1.10. The third kappa shape index (κ3) is 1.22. The van der Waals surface area contributed by atoms with Crippen LogP contribution in [0.3, 0.4) is 0 Å². The van der Waals surface area contributed by atoms with Crippen LogP contribution in [0, 0.1) is 0 Å². The van der Waals surface area contributed by atoms with Crippen molar-refractivity contribution in [1.82, 2.24) is 0 Å². The van der Waals surface area contributed by atoms with Crippen LogP contribution in [0.15, 0.2) is 23.3 Å². The highest BCUT2D eigenvalue weighted by Gasteiger charge is 2.26. The van der Waals surface area contributed by atoms with Gasteiger partial charge in [0.1, 0.15) is 0 Å². The minimum absolute atomic E-state index is 0.349. The van der Waals surface area contributed by atoms with E-state index in [1.54, 1.807) is 0 Å². The largest absolute Gasteiger partial charge is 0.324 e. The monoisotopic (exact) mass is 123 g/mol. The van der Waals surface area contributed by atoms with Crippen molar-refractivity contribution in [3.05, 3.63) is 23.3 Å². The standard InChI is InChI=1S/C8H13N/c1-5(2)6(3)7-4-8(7)9/h8H,1,4,9H2,2-3H3. The van der Waals surface area contributed by atoms with Crippen LogP contribution in [0.25, 0.3) is 0 Å². The molecule has 1 rings (SSSR count). The Hall–Kier alpha value is -0.560. The summed E-state index contributed by atoms with van der Waals surface area (Å²) in [5.41, 5.74) is 9.46. The maximum absolute atomic E-state index is 5.61. The summed E-state index contributed by atoms with van der Waals surface area (Å²) in [5, 5.41) is 0. The van der Waals surface area contributed by atoms with Gasteiger partial charge in [-0.1, -0.05) is 12.2 Å². The Morgan fingerprint density at radius 1 is 1.67 bits per heavy atom. The van der Waals surface area contributed by atoms with E-state index in [9.17, 15) is 0 Å². The van der Waals surface area contributed by atoms with Crippen molar-refractivity contribution in [1.29, 1.82) is 0 Å². The molecule has 0 saturated heterocycles. The van der Waals surface area contributed by atoms with Gasteiger partial charge < -0.3 is 5.73 Å². The Bertz CT molecular complexity index is 177. The highest BCUT2D eigenvalue weighted by molar-refractivity contribution is 5.41. The molecule has 9 heavy (non-hydrogen) atoms. The van der Waals surface area contributed by atoms with Crippen LogP contribution in [0.1, 0.15) is 20.3 Å². The fourth-order valence-corrected chi connectivity index (χ4v) is 0.883. The molecule has 50 valence electrons. The van der Waals surface area contributed by atoms with Gasteiger partial charge in [-0.25, -0.2) is 0 Å². The van der Waals surface area contributed by atoms with Crippen molar-refractivity contribution in [2.24, 2.45) is 5.73 Å². The summed E-state index contributed by atoms with van der Waals surface area (Å²) in [6, 6.07) is 0.349. The Kier molecular flexibility index (Phi) is 1.45. The average Bonchev–Trinajstić information content (AvgIpc) is 2.44. The lowest BCUT2D eigenvalue weighted by atomic mass is 10.1. The second-order valence-corrected chi connectivity index (χ2v) is 2.74. The van der Waals surface area contributed by atoms with Gasteiger partial charge in [0, 0.05) is 6.04 Å². The summed E-state index contributed by atoms with van der Waals surface area (Å²) in [4.78, 5) is 0. The molecule has 0 aromatic rings. The first-order valence-electron chi connectivity index (χ1n) is 3.24. The van der Waals surface area contributed by atoms with Crippen LogP contribution in [-0.4, -0.2) is 6.04 Å². The van der Waals surface area contributed by atoms with Crippen molar-refractivity contribution >= 4 is 0 Å². The van der Waals surface area contributed by atoms with E-state index in [4.69, 9.17) is 5.73 Å². The Labute approximate surface area is 56.2 Å². The Balaban J connectivity index is 2.72. The Morgan fingerprint density at radius 3 is 2.22 bits per heavy atom. The summed E-state index contributed by atoms with van der Waals surface area (Å²) in [5.74, 6) is 0. The van der Waals surface area contributed by atoms with Gasteiger partial charge in [-0.15, -0.1) is 0 Å². The fourth-order valence-electron chi connectivity index (χ4n) is 0.883. The van der Waals surface area contributed by atoms with Gasteiger partial charge >= 0.3 is 0 Å². The van der Waals surface area contributed by atoms with E-state index < -0.39 is 0 Å². The summed E-state index contributed by atoms with van der Waals surface area (Å²) >= 11 is 0. The number of rotatable bonds is 1. The molecule has 0 heterocycles. The zero-order chi connectivity index (χ0) is 7.02. The number of hydrogen-bond acceptors (Lipinski definition) is 1. The van der Waals surface area contributed by atoms with Crippen LogP contribution in [0.4, 0.5) is 0 Å². The lowest BCUT2D eigenvalue weighted by Crippen LogP contribution is -1.97. The molecule has 0 aromatic heterocycles. The molecule has 1 atom stereocenters. The summed E-state index contributed by atoms with van der Waals surface area (Å²) in [6.45, 7) is 7.95. The SMILES string of the molecule is C=C(C)C(C)=C1CC1N. The average molecular weight is 123 g/mol. The van der Waals surface area contributed by atoms with Gasteiger partial charge in [0.15, 0.2) is 0 Å². The normalized spacial score (nSPS) is 29.9. The molecule has 0 aliphatic heterocycles. The molecule has 0 amide bonds. The third-order valence-electron chi connectivity index (χ3n) is 1.85. The zero-order valence-corrected chi connectivity index (χ0v) is 6.07. The molecular weight excluding hydrogens is 110 g/mol. The lowest BCUT2D eigenvalue weighted by Gasteiger charge is -1.94. The number of hydrogen-bond donors (Lipinski definition) is 1. The van der Waals surface area contributed by atoms with Gasteiger partial charge in [0.25, 0.3) is 0 Å². The molecular formula is C8H13N. The molecule has 1 aliphatic carbocycles. The minimum atomic E-state index is 0.349. The molecule has 1 heteroatoms. The highest BCUT2D eigenvalue weighted by Crippen LogP contribution is 2.32. The molecule has 1 nitrogen and oxygen atoms in total. The summed E-state index contributed by atoms with van der Waals surface area (Å²) in [7, 11) is 0. The van der Waals surface area contributed by atoms with E-state index in [2.05, 4.69) is 13.5 Å². The molecule has 1 unspecified atom stereocenters. The van der Waals surface area contributed by atoms with Crippen LogP contribution < -0.4 is 5.73 Å². The topological polar surface area (TPSA) is 26.0 Å². The predicted molar refractivity (Wildman–Crippen MR) is 40.1 cm³/mol. The van der Waals surface area contributed by atoms with E-state index >= 15 is 0 Å². The van der Waals surface area contributed by atoms with E-state index in [1.807, 2.05) is 6.92 Å². The quantitative estimate of drug-likeness (QED) is 0.563. The molecule has 1 aliphatic rings. The van der Waals surface area contributed by atoms with Crippen LogP contribution in [0.2, 0.25) is 0 Å². The Morgan fingerprint density at radius 2 is 2.11 bits per heavy atom. The third-order valence-corrected chi connectivity index (χ3v) is 1.85. The molecule has 0 spiro atoms. The van der Waals surface area contributed by atoms with Gasteiger partial charge in [0.2, 0.25) is 0 Å². The predicted octanol–water partition coefficient (Wildman–Crippen LogP) is 1.61. The molecule has 1 fully saturated rings. The first kappa shape index (κ1) is 6.56. The summed E-state index contributed by atoms with van der Waals surface area (Å²) in [6.07, 6.45) is 1.08. The first-order chi connectivity index (χ1) is 4.13. The van der Waals surface area contributed by atoms with Crippen LogP contribution >= 0.6 is 0 Å². The maximum atomic E-state index is 5.61. The number of allylic oxidation sites excluding steroid dienone is 2. The van der Waals surface area contributed by atoms with Crippen molar-refractivity contribution < 1.29 is 0 Å².